The second-order valence-electron chi connectivity index (χ2n) is 6.68. The number of ether oxygens (including phenoxy) is 4. The van der Waals surface area contributed by atoms with Crippen molar-refractivity contribution in [2.75, 3.05) is 38.9 Å². The van der Waals surface area contributed by atoms with E-state index in [2.05, 4.69) is 4.72 Å². The van der Waals surface area contributed by atoms with Gasteiger partial charge in [0.15, 0.2) is 23.0 Å². The molecule has 0 aliphatic rings. The van der Waals surface area contributed by atoms with Crippen molar-refractivity contribution in [1.82, 2.24) is 0 Å². The Morgan fingerprint density at radius 2 is 1.26 bits per heavy atom. The minimum absolute atomic E-state index is 0.0281. The van der Waals surface area contributed by atoms with Gasteiger partial charge in [-0.1, -0.05) is 26.0 Å². The highest BCUT2D eigenvalue weighted by atomic mass is 32.2. The van der Waals surface area contributed by atoms with Gasteiger partial charge in [0.05, 0.1) is 34.1 Å². The minimum Gasteiger partial charge on any atom is -0.503 e. The number of phenols is 1. The van der Waals surface area contributed by atoms with E-state index in [4.69, 9.17) is 24.7 Å². The number of rotatable bonds is 9. The molecule has 0 bridgehead atoms. The van der Waals surface area contributed by atoms with Crippen molar-refractivity contribution in [1.29, 1.82) is 0 Å². The lowest BCUT2D eigenvalue weighted by Crippen LogP contribution is -1.95. The molecule has 0 radical (unpaired) electrons. The molecule has 0 aliphatic carbocycles. The monoisotopic (exact) mass is 484 g/mol. The van der Waals surface area contributed by atoms with Crippen LogP contribution < -0.4 is 29.4 Å². The fraction of sp³-hybridized carbons (Fsp3) is 0.231. The Labute approximate surface area is 205 Å². The van der Waals surface area contributed by atoms with Crippen molar-refractivity contribution in [3.05, 3.63) is 59.7 Å². The van der Waals surface area contributed by atoms with E-state index in [-0.39, 0.29) is 5.75 Å². The number of hydrogen-bond donors (Lipinski definition) is 3. The normalized spacial score (nSPS) is 10.3. The minimum atomic E-state index is 0.0281. The van der Waals surface area contributed by atoms with E-state index >= 15 is 0 Å². The molecule has 182 valence electrons. The molecular weight excluding hydrogens is 452 g/mol. The van der Waals surface area contributed by atoms with Crippen LogP contribution in [0.25, 0.3) is 12.2 Å². The van der Waals surface area contributed by atoms with Gasteiger partial charge in [0.25, 0.3) is 0 Å². The molecule has 4 N–H and O–H groups in total. The van der Waals surface area contributed by atoms with Crippen LogP contribution in [0.3, 0.4) is 0 Å². The third-order valence-corrected chi connectivity index (χ3v) is 5.46. The first-order valence-corrected chi connectivity index (χ1v) is 11.5. The predicted octanol–water partition coefficient (Wildman–Crippen LogP) is 6.32. The number of nitrogen functional groups attached to an aromatic ring is 1. The Morgan fingerprint density at radius 1 is 0.765 bits per heavy atom. The first kappa shape index (κ1) is 26.6. The average molecular weight is 485 g/mol. The van der Waals surface area contributed by atoms with Crippen LogP contribution in [-0.4, -0.2) is 33.5 Å². The van der Waals surface area contributed by atoms with E-state index in [0.29, 0.717) is 34.4 Å². The molecule has 0 amide bonds. The van der Waals surface area contributed by atoms with Crippen molar-refractivity contribution in [3.8, 4) is 28.7 Å². The molecule has 34 heavy (non-hydrogen) atoms. The van der Waals surface area contributed by atoms with Crippen LogP contribution in [0.1, 0.15) is 25.0 Å². The zero-order valence-electron chi connectivity index (χ0n) is 20.3. The quantitative estimate of drug-likeness (QED) is 0.140. The van der Waals surface area contributed by atoms with Crippen LogP contribution >= 0.6 is 11.9 Å². The fourth-order valence-electron chi connectivity index (χ4n) is 3.00. The third kappa shape index (κ3) is 6.68. The summed E-state index contributed by atoms with van der Waals surface area (Å²) >= 11 is 1.36. The zero-order chi connectivity index (χ0) is 25.1. The molecular formula is C26H32N2O5S. The summed E-state index contributed by atoms with van der Waals surface area (Å²) in [4.78, 5) is 0.955. The molecule has 7 nitrogen and oxygen atoms in total. The van der Waals surface area contributed by atoms with Crippen molar-refractivity contribution >= 4 is 35.5 Å². The van der Waals surface area contributed by atoms with Gasteiger partial charge in [-0.3, -0.25) is 0 Å². The number of nitrogens with one attached hydrogen (secondary N) is 1. The van der Waals surface area contributed by atoms with Crippen molar-refractivity contribution in [2.45, 2.75) is 18.7 Å². The Kier molecular flexibility index (Phi) is 10.3. The maximum Gasteiger partial charge on any atom is 0.203 e. The largest absolute Gasteiger partial charge is 0.503 e. The molecule has 0 saturated heterocycles. The van der Waals surface area contributed by atoms with Crippen LogP contribution in [0, 0.1) is 0 Å². The van der Waals surface area contributed by atoms with Gasteiger partial charge >= 0.3 is 0 Å². The lowest BCUT2D eigenvalue weighted by Gasteiger charge is -2.13. The van der Waals surface area contributed by atoms with Crippen LogP contribution in [0.15, 0.2) is 53.4 Å². The van der Waals surface area contributed by atoms with E-state index < -0.39 is 0 Å². The maximum absolute atomic E-state index is 10.5. The zero-order valence-corrected chi connectivity index (χ0v) is 21.2. The molecule has 0 spiro atoms. The molecule has 0 aromatic heterocycles. The average Bonchev–Trinajstić information content (AvgIpc) is 2.88. The Bertz CT molecular complexity index is 1080. The first-order valence-electron chi connectivity index (χ1n) is 10.7. The Hall–Kier alpha value is -3.65. The topological polar surface area (TPSA) is 95.2 Å². The number of methoxy groups -OCH3 is 4. The number of aromatic hydroxyl groups is 1. The first-order chi connectivity index (χ1) is 16.5. The van der Waals surface area contributed by atoms with Crippen LogP contribution in [0.2, 0.25) is 0 Å². The van der Waals surface area contributed by atoms with E-state index in [9.17, 15) is 5.11 Å². The van der Waals surface area contributed by atoms with Gasteiger partial charge in [0, 0.05) is 10.6 Å². The van der Waals surface area contributed by atoms with Gasteiger partial charge in [-0.15, -0.1) is 0 Å². The second kappa shape index (κ2) is 13.2. The lowest BCUT2D eigenvalue weighted by atomic mass is 10.1. The second-order valence-corrected chi connectivity index (χ2v) is 7.56. The number of nitrogens with two attached hydrogens (primary N) is 1. The molecule has 0 unspecified atom stereocenters. The van der Waals surface area contributed by atoms with Gasteiger partial charge in [0.2, 0.25) is 5.75 Å². The molecule has 8 heteroatoms. The molecule has 0 atom stereocenters. The number of anilines is 2. The molecule has 3 aromatic carbocycles. The Balaban J connectivity index is 0.00000199. The van der Waals surface area contributed by atoms with Gasteiger partial charge < -0.3 is 34.5 Å². The maximum atomic E-state index is 10.5. The molecule has 0 saturated carbocycles. The summed E-state index contributed by atoms with van der Waals surface area (Å²) in [5.41, 5.74) is 8.64. The highest BCUT2D eigenvalue weighted by molar-refractivity contribution is 8.00. The van der Waals surface area contributed by atoms with Gasteiger partial charge in [-0.05, 0) is 71.6 Å². The molecule has 0 heterocycles. The van der Waals surface area contributed by atoms with Crippen molar-refractivity contribution < 1.29 is 24.1 Å². The summed E-state index contributed by atoms with van der Waals surface area (Å²) in [6.07, 6.45) is 3.81. The molecule has 0 fully saturated rings. The fourth-order valence-corrected chi connectivity index (χ4v) is 3.65. The summed E-state index contributed by atoms with van der Waals surface area (Å²) in [7, 11) is 6.23. The molecule has 0 aliphatic heterocycles. The van der Waals surface area contributed by atoms with Crippen molar-refractivity contribution in [3.63, 3.8) is 0 Å². The van der Waals surface area contributed by atoms with E-state index in [1.54, 1.807) is 27.4 Å². The highest BCUT2D eigenvalue weighted by Crippen LogP contribution is 2.40. The van der Waals surface area contributed by atoms with Crippen molar-refractivity contribution in [2.24, 2.45) is 0 Å². The van der Waals surface area contributed by atoms with E-state index in [1.165, 1.54) is 19.1 Å². The third-order valence-electron chi connectivity index (χ3n) is 4.63. The number of hydrogen-bond acceptors (Lipinski definition) is 8. The SMILES string of the molecule is CC.COc1cc(/C=C\c2cc(OC)c(OC)c(OC)c2)cc(NSc2ccc(N)cc2)c1O. The standard InChI is InChI=1S/C24H26N2O5S.C2H6/c1-28-20-12-15(5-6-16-13-21(29-2)24(31-4)22(14-16)30-3)11-19(23(20)27)26-32-18-9-7-17(25)8-10-18;1-2/h5-14,26-27H,25H2,1-4H3;1-2H3/b6-5-;. The van der Waals surface area contributed by atoms with Crippen LogP contribution in [0.4, 0.5) is 11.4 Å². The summed E-state index contributed by atoms with van der Waals surface area (Å²) in [6, 6.07) is 14.7. The molecule has 3 aromatic rings. The van der Waals surface area contributed by atoms with Gasteiger partial charge in [-0.2, -0.15) is 0 Å². The van der Waals surface area contributed by atoms with Gasteiger partial charge in [0.1, 0.15) is 0 Å². The highest BCUT2D eigenvalue weighted by Gasteiger charge is 2.13. The van der Waals surface area contributed by atoms with E-state index in [1.807, 2.05) is 68.5 Å². The lowest BCUT2D eigenvalue weighted by molar-refractivity contribution is 0.324. The summed E-state index contributed by atoms with van der Waals surface area (Å²) < 4.78 is 24.7. The number of benzene rings is 3. The summed E-state index contributed by atoms with van der Waals surface area (Å²) in [5, 5.41) is 10.5. The van der Waals surface area contributed by atoms with Crippen LogP contribution in [-0.2, 0) is 0 Å². The smallest absolute Gasteiger partial charge is 0.203 e. The summed E-state index contributed by atoms with van der Waals surface area (Å²) in [6.45, 7) is 4.00. The van der Waals surface area contributed by atoms with Gasteiger partial charge in [-0.25, -0.2) is 0 Å². The number of phenolic OH excluding ortho intramolecular Hbond substituents is 1. The molecule has 3 rings (SSSR count). The van der Waals surface area contributed by atoms with Crippen LogP contribution in [0.5, 0.6) is 28.7 Å². The summed E-state index contributed by atoms with van der Waals surface area (Å²) in [5.74, 6) is 2.05. The van der Waals surface area contributed by atoms with E-state index in [0.717, 1.165) is 16.0 Å². The Morgan fingerprint density at radius 3 is 1.76 bits per heavy atom. The predicted molar refractivity (Wildman–Crippen MR) is 141 cm³/mol.